The molecule has 0 unspecified atom stereocenters. The molecule has 20 heavy (non-hydrogen) atoms. The van der Waals surface area contributed by atoms with Crippen LogP contribution in [0.1, 0.15) is 39.5 Å². The van der Waals surface area contributed by atoms with E-state index in [1.807, 2.05) is 0 Å². The molecule has 2 N–H and O–H groups in total. The van der Waals surface area contributed by atoms with Crippen molar-refractivity contribution in [2.24, 2.45) is 11.8 Å². The Kier molecular flexibility index (Phi) is 4.43. The molecule has 8 heteroatoms. The Morgan fingerprint density at radius 3 is 1.25 bits per heavy atom. The van der Waals surface area contributed by atoms with Gasteiger partial charge in [-0.2, -0.15) is 26.3 Å². The van der Waals surface area contributed by atoms with Gasteiger partial charge in [0, 0.05) is 5.92 Å². The number of halogens is 6. The Hall–Kier alpha value is -0.500. The Morgan fingerprint density at radius 1 is 0.700 bits per heavy atom. The third-order valence-electron chi connectivity index (χ3n) is 4.18. The first-order valence-corrected chi connectivity index (χ1v) is 6.29. The van der Waals surface area contributed by atoms with E-state index in [2.05, 4.69) is 0 Å². The summed E-state index contributed by atoms with van der Waals surface area (Å²) in [6.45, 7) is 2.94. The van der Waals surface area contributed by atoms with Gasteiger partial charge in [0.2, 0.25) is 0 Å². The fourth-order valence-corrected chi connectivity index (χ4v) is 2.84. The molecule has 1 rings (SSSR count). The van der Waals surface area contributed by atoms with Crippen LogP contribution in [0.15, 0.2) is 0 Å². The van der Waals surface area contributed by atoms with Gasteiger partial charge in [0.1, 0.15) is 0 Å². The number of alkyl halides is 6. The molecule has 0 atom stereocenters. The first-order chi connectivity index (χ1) is 8.71. The zero-order chi connectivity index (χ0) is 16.0. The summed E-state index contributed by atoms with van der Waals surface area (Å²) >= 11 is 0. The molecule has 0 amide bonds. The minimum absolute atomic E-state index is 0.0165. The maximum atomic E-state index is 12.7. The molecule has 1 fully saturated rings. The highest BCUT2D eigenvalue weighted by Gasteiger charge is 2.73. The van der Waals surface area contributed by atoms with Gasteiger partial charge in [0.15, 0.2) is 0 Å². The third-order valence-corrected chi connectivity index (χ3v) is 4.18. The summed E-state index contributed by atoms with van der Waals surface area (Å²) in [5.41, 5.74) is -5.83. The van der Waals surface area contributed by atoms with Gasteiger partial charge in [-0.25, -0.2) is 0 Å². The van der Waals surface area contributed by atoms with Crippen molar-refractivity contribution in [2.75, 3.05) is 0 Å². The third kappa shape index (κ3) is 3.05. The van der Waals surface area contributed by atoms with Crippen LogP contribution in [0.25, 0.3) is 0 Å². The van der Waals surface area contributed by atoms with E-state index in [0.717, 1.165) is 0 Å². The summed E-state index contributed by atoms with van der Waals surface area (Å²) in [5.74, 6) is -2.30. The maximum Gasteiger partial charge on any atom is 0.426 e. The summed E-state index contributed by atoms with van der Waals surface area (Å²) in [6, 6.07) is 0. The Balaban J connectivity index is 2.94. The molecule has 0 aromatic carbocycles. The quantitative estimate of drug-likeness (QED) is 0.767. The van der Waals surface area contributed by atoms with Crippen LogP contribution >= 0.6 is 0 Å². The predicted molar refractivity (Wildman–Crippen MR) is 58.8 cm³/mol. The summed E-state index contributed by atoms with van der Waals surface area (Å²) in [6.07, 6.45) is -12.4. The largest absolute Gasteiger partial charge is 0.426 e. The van der Waals surface area contributed by atoms with Crippen molar-refractivity contribution in [1.29, 1.82) is 0 Å². The van der Waals surface area contributed by atoms with E-state index in [0.29, 0.717) is 0 Å². The standard InChI is InChI=1S/C12H18F6O2/c1-9(2,19)7-3-5-8(6-4-7)10(20,11(13,14)15)12(16,17)18/h7-8,19-20H,3-6H2,1-2H3. The smallest absolute Gasteiger partial charge is 0.390 e. The maximum absolute atomic E-state index is 12.7. The normalized spacial score (nSPS) is 26.7. The lowest BCUT2D eigenvalue weighted by atomic mass is 9.69. The summed E-state index contributed by atoms with van der Waals surface area (Å²) in [5, 5.41) is 19.0. The Morgan fingerprint density at radius 2 is 1.00 bits per heavy atom. The van der Waals surface area contributed by atoms with Crippen molar-refractivity contribution >= 4 is 0 Å². The van der Waals surface area contributed by atoms with Crippen molar-refractivity contribution in [2.45, 2.75) is 63.1 Å². The molecule has 0 bridgehead atoms. The van der Waals surface area contributed by atoms with E-state index in [1.54, 1.807) is 0 Å². The molecule has 120 valence electrons. The van der Waals surface area contributed by atoms with Crippen molar-refractivity contribution in [3.05, 3.63) is 0 Å². The first-order valence-electron chi connectivity index (χ1n) is 6.29. The summed E-state index contributed by atoms with van der Waals surface area (Å²) in [7, 11) is 0. The monoisotopic (exact) mass is 308 g/mol. The lowest BCUT2D eigenvalue weighted by molar-refractivity contribution is -0.387. The van der Waals surface area contributed by atoms with Crippen LogP contribution in [0.2, 0.25) is 0 Å². The van der Waals surface area contributed by atoms with Crippen molar-refractivity contribution < 1.29 is 36.6 Å². The van der Waals surface area contributed by atoms with E-state index in [-0.39, 0.29) is 18.8 Å². The van der Waals surface area contributed by atoms with Crippen LogP contribution in [0, 0.1) is 11.8 Å². The van der Waals surface area contributed by atoms with Crippen LogP contribution < -0.4 is 0 Å². The fourth-order valence-electron chi connectivity index (χ4n) is 2.84. The SMILES string of the molecule is CC(C)(O)C1CCC(C(O)(C(F)(F)F)C(F)(F)F)CC1. The molecule has 1 aliphatic carbocycles. The number of aliphatic hydroxyl groups is 2. The molecule has 1 aliphatic rings. The average Bonchev–Trinajstić information content (AvgIpc) is 2.24. The van der Waals surface area contributed by atoms with Gasteiger partial charge in [-0.05, 0) is 45.4 Å². The summed E-state index contributed by atoms with van der Waals surface area (Å²) < 4.78 is 76.2. The summed E-state index contributed by atoms with van der Waals surface area (Å²) in [4.78, 5) is 0. The van der Waals surface area contributed by atoms with Gasteiger partial charge in [-0.1, -0.05) is 0 Å². The second-order valence-electron chi connectivity index (χ2n) is 5.96. The van der Waals surface area contributed by atoms with Crippen LogP contribution in [-0.4, -0.2) is 33.8 Å². The molecule has 0 spiro atoms. The van der Waals surface area contributed by atoms with E-state index >= 15 is 0 Å². The van der Waals surface area contributed by atoms with E-state index < -0.39 is 42.3 Å². The number of hydrogen-bond donors (Lipinski definition) is 2. The molecule has 0 aliphatic heterocycles. The van der Waals surface area contributed by atoms with Gasteiger partial charge in [-0.3, -0.25) is 0 Å². The fraction of sp³-hybridized carbons (Fsp3) is 1.00. The molecule has 0 heterocycles. The highest BCUT2D eigenvalue weighted by molar-refractivity contribution is 5.01. The van der Waals surface area contributed by atoms with Gasteiger partial charge in [-0.15, -0.1) is 0 Å². The highest BCUT2D eigenvalue weighted by atomic mass is 19.4. The molecule has 1 saturated carbocycles. The topological polar surface area (TPSA) is 40.5 Å². The highest BCUT2D eigenvalue weighted by Crippen LogP contribution is 2.52. The second kappa shape index (κ2) is 5.05. The Labute approximate surface area is 112 Å². The minimum Gasteiger partial charge on any atom is -0.390 e. The molecule has 0 radical (unpaired) electrons. The van der Waals surface area contributed by atoms with Gasteiger partial charge < -0.3 is 10.2 Å². The predicted octanol–water partition coefficient (Wildman–Crippen LogP) is 3.42. The zero-order valence-electron chi connectivity index (χ0n) is 11.1. The van der Waals surface area contributed by atoms with Crippen molar-refractivity contribution in [3.8, 4) is 0 Å². The first kappa shape index (κ1) is 17.6. The van der Waals surface area contributed by atoms with E-state index in [4.69, 9.17) is 0 Å². The van der Waals surface area contributed by atoms with E-state index in [9.17, 15) is 36.6 Å². The van der Waals surface area contributed by atoms with Crippen molar-refractivity contribution in [3.63, 3.8) is 0 Å². The van der Waals surface area contributed by atoms with Crippen molar-refractivity contribution in [1.82, 2.24) is 0 Å². The van der Waals surface area contributed by atoms with Crippen LogP contribution in [0.4, 0.5) is 26.3 Å². The lowest BCUT2D eigenvalue weighted by Gasteiger charge is -2.43. The number of rotatable bonds is 2. The van der Waals surface area contributed by atoms with Crippen LogP contribution in [0.3, 0.4) is 0 Å². The minimum atomic E-state index is -5.77. The van der Waals surface area contributed by atoms with Crippen LogP contribution in [-0.2, 0) is 0 Å². The van der Waals surface area contributed by atoms with Gasteiger partial charge in [0.25, 0.3) is 5.60 Å². The molecular weight excluding hydrogens is 290 g/mol. The lowest BCUT2D eigenvalue weighted by Crippen LogP contribution is -2.62. The second-order valence-corrected chi connectivity index (χ2v) is 5.96. The van der Waals surface area contributed by atoms with Gasteiger partial charge >= 0.3 is 12.4 Å². The zero-order valence-corrected chi connectivity index (χ0v) is 11.1. The molecular formula is C12H18F6O2. The van der Waals surface area contributed by atoms with E-state index in [1.165, 1.54) is 13.8 Å². The molecule has 0 saturated heterocycles. The molecule has 2 nitrogen and oxygen atoms in total. The molecule has 0 aromatic rings. The Bertz CT molecular complexity index is 319. The van der Waals surface area contributed by atoms with Crippen LogP contribution in [0.5, 0.6) is 0 Å². The molecule has 0 aromatic heterocycles. The van der Waals surface area contributed by atoms with Gasteiger partial charge in [0.05, 0.1) is 5.60 Å². The average molecular weight is 308 g/mol. The number of hydrogen-bond acceptors (Lipinski definition) is 2.